The lowest BCUT2D eigenvalue weighted by Gasteiger charge is -2.09. The van der Waals surface area contributed by atoms with E-state index in [0.29, 0.717) is 6.54 Å². The predicted molar refractivity (Wildman–Crippen MR) is 78.4 cm³/mol. The Morgan fingerprint density at radius 2 is 2.20 bits per heavy atom. The van der Waals surface area contributed by atoms with Gasteiger partial charge in [-0.25, -0.2) is 0 Å². The Kier molecular flexibility index (Phi) is 3.41. The zero-order chi connectivity index (χ0) is 13.9. The van der Waals surface area contributed by atoms with Crippen molar-refractivity contribution < 1.29 is 4.79 Å². The molecule has 1 saturated carbocycles. The van der Waals surface area contributed by atoms with Crippen LogP contribution < -0.4 is 10.6 Å². The summed E-state index contributed by atoms with van der Waals surface area (Å²) in [5.74, 6) is 0.355. The second-order valence-corrected chi connectivity index (χ2v) is 5.22. The monoisotopic (exact) mass is 270 g/mol. The Bertz CT molecular complexity index is 616. The summed E-state index contributed by atoms with van der Waals surface area (Å²) in [5.41, 5.74) is 4.03. The van der Waals surface area contributed by atoms with E-state index in [0.717, 1.165) is 35.5 Å². The first-order chi connectivity index (χ1) is 9.72. The van der Waals surface area contributed by atoms with Crippen molar-refractivity contribution in [3.8, 4) is 0 Å². The fourth-order valence-corrected chi connectivity index (χ4v) is 2.05. The molecule has 1 aliphatic rings. The molecule has 0 spiro atoms. The number of carbonyl (C=O) groups is 1. The van der Waals surface area contributed by atoms with Crippen molar-refractivity contribution in [2.45, 2.75) is 26.3 Å². The summed E-state index contributed by atoms with van der Waals surface area (Å²) in [4.78, 5) is 11.7. The highest BCUT2D eigenvalue weighted by Crippen LogP contribution is 2.30. The molecule has 3 rings (SSSR count). The largest absolute Gasteiger partial charge is 0.381 e. The van der Waals surface area contributed by atoms with E-state index in [2.05, 4.69) is 20.8 Å². The van der Waals surface area contributed by atoms with Gasteiger partial charge in [-0.3, -0.25) is 9.89 Å². The van der Waals surface area contributed by atoms with Crippen LogP contribution in [0.1, 0.15) is 24.1 Å². The Labute approximate surface area is 117 Å². The number of rotatable bonds is 5. The molecule has 1 aromatic heterocycles. The summed E-state index contributed by atoms with van der Waals surface area (Å²) < 4.78 is 0. The molecule has 3 N–H and O–H groups in total. The lowest BCUT2D eigenvalue weighted by Crippen LogP contribution is -2.13. The maximum absolute atomic E-state index is 11.7. The van der Waals surface area contributed by atoms with Gasteiger partial charge in [-0.1, -0.05) is 6.07 Å². The van der Waals surface area contributed by atoms with Crippen LogP contribution in [0.3, 0.4) is 0 Å². The van der Waals surface area contributed by atoms with Gasteiger partial charge >= 0.3 is 0 Å². The number of nitrogens with one attached hydrogen (secondary N) is 3. The van der Waals surface area contributed by atoms with Crippen molar-refractivity contribution in [2.75, 3.05) is 10.6 Å². The van der Waals surface area contributed by atoms with E-state index in [4.69, 9.17) is 0 Å². The van der Waals surface area contributed by atoms with Crippen LogP contribution >= 0.6 is 0 Å². The average Bonchev–Trinajstić information content (AvgIpc) is 3.21. The normalized spacial score (nSPS) is 14.1. The first kappa shape index (κ1) is 12.7. The smallest absolute Gasteiger partial charge is 0.227 e. The molecule has 1 amide bonds. The molecule has 1 heterocycles. The Morgan fingerprint density at radius 3 is 2.90 bits per heavy atom. The topological polar surface area (TPSA) is 69.8 Å². The van der Waals surface area contributed by atoms with Crippen molar-refractivity contribution >= 4 is 17.3 Å². The zero-order valence-corrected chi connectivity index (χ0v) is 11.4. The van der Waals surface area contributed by atoms with Crippen LogP contribution in [0.5, 0.6) is 0 Å². The maximum atomic E-state index is 11.7. The molecule has 2 aromatic rings. The van der Waals surface area contributed by atoms with Crippen molar-refractivity contribution in [3.05, 3.63) is 41.7 Å². The quantitative estimate of drug-likeness (QED) is 0.782. The molecule has 0 atom stereocenters. The van der Waals surface area contributed by atoms with Gasteiger partial charge < -0.3 is 10.6 Å². The molecule has 0 unspecified atom stereocenters. The van der Waals surface area contributed by atoms with Gasteiger partial charge in [0, 0.05) is 35.1 Å². The number of hydrogen-bond donors (Lipinski definition) is 3. The van der Waals surface area contributed by atoms with E-state index >= 15 is 0 Å². The van der Waals surface area contributed by atoms with Crippen LogP contribution in [-0.4, -0.2) is 16.1 Å². The minimum absolute atomic E-state index is 0.132. The average molecular weight is 270 g/mol. The summed E-state index contributed by atoms with van der Waals surface area (Å²) in [6, 6.07) is 7.79. The number of amides is 1. The molecule has 1 aliphatic carbocycles. The summed E-state index contributed by atoms with van der Waals surface area (Å²) >= 11 is 0. The van der Waals surface area contributed by atoms with Gasteiger partial charge in [0.2, 0.25) is 5.91 Å². The molecule has 1 fully saturated rings. The predicted octanol–water partition coefficient (Wildman–Crippen LogP) is 2.68. The molecule has 0 radical (unpaired) electrons. The van der Waals surface area contributed by atoms with Crippen LogP contribution in [0, 0.1) is 12.8 Å². The molecule has 20 heavy (non-hydrogen) atoms. The Morgan fingerprint density at radius 1 is 1.40 bits per heavy atom. The molecule has 1 aromatic carbocycles. The van der Waals surface area contributed by atoms with Gasteiger partial charge in [0.25, 0.3) is 0 Å². The molecular weight excluding hydrogens is 252 g/mol. The molecule has 5 nitrogen and oxygen atoms in total. The summed E-state index contributed by atoms with van der Waals surface area (Å²) in [6.45, 7) is 2.71. The highest BCUT2D eigenvalue weighted by molar-refractivity contribution is 5.94. The first-order valence-corrected chi connectivity index (χ1v) is 6.86. The van der Waals surface area contributed by atoms with Crippen molar-refractivity contribution in [1.29, 1.82) is 0 Å². The third kappa shape index (κ3) is 2.99. The first-order valence-electron chi connectivity index (χ1n) is 6.86. The van der Waals surface area contributed by atoms with Crippen molar-refractivity contribution in [1.82, 2.24) is 10.2 Å². The SMILES string of the molecule is Cc1[nH]ncc1CNc1cccc(NC(=O)C2CC2)c1. The number of nitrogens with zero attached hydrogens (tertiary/aromatic N) is 1. The fourth-order valence-electron chi connectivity index (χ4n) is 2.05. The lowest BCUT2D eigenvalue weighted by atomic mass is 10.2. The van der Waals surface area contributed by atoms with Crippen LogP contribution in [0.2, 0.25) is 0 Å². The number of benzene rings is 1. The van der Waals surface area contributed by atoms with E-state index < -0.39 is 0 Å². The number of aromatic nitrogens is 2. The third-order valence-electron chi connectivity index (χ3n) is 3.50. The number of carbonyl (C=O) groups excluding carboxylic acids is 1. The van der Waals surface area contributed by atoms with Crippen LogP contribution in [0.4, 0.5) is 11.4 Å². The van der Waals surface area contributed by atoms with E-state index in [1.54, 1.807) is 0 Å². The minimum atomic E-state index is 0.132. The van der Waals surface area contributed by atoms with E-state index in [1.807, 2.05) is 37.4 Å². The van der Waals surface area contributed by atoms with Crippen LogP contribution in [-0.2, 0) is 11.3 Å². The van der Waals surface area contributed by atoms with Gasteiger partial charge in [0.05, 0.1) is 6.20 Å². The Hall–Kier alpha value is -2.30. The summed E-state index contributed by atoms with van der Waals surface area (Å²) in [7, 11) is 0. The minimum Gasteiger partial charge on any atom is -0.381 e. The molecular formula is C15H18N4O. The van der Waals surface area contributed by atoms with Gasteiger partial charge in [-0.2, -0.15) is 5.10 Å². The van der Waals surface area contributed by atoms with E-state index in [-0.39, 0.29) is 11.8 Å². The van der Waals surface area contributed by atoms with Crippen molar-refractivity contribution in [3.63, 3.8) is 0 Å². The van der Waals surface area contributed by atoms with E-state index in [9.17, 15) is 4.79 Å². The summed E-state index contributed by atoms with van der Waals surface area (Å²) in [5, 5.41) is 13.2. The highest BCUT2D eigenvalue weighted by atomic mass is 16.2. The molecule has 104 valence electrons. The Balaban J connectivity index is 1.62. The molecule has 0 saturated heterocycles. The number of hydrogen-bond acceptors (Lipinski definition) is 3. The summed E-state index contributed by atoms with van der Waals surface area (Å²) in [6.07, 6.45) is 3.86. The molecule has 0 bridgehead atoms. The second kappa shape index (κ2) is 5.36. The van der Waals surface area contributed by atoms with Crippen LogP contribution in [0.15, 0.2) is 30.5 Å². The molecule has 5 heteroatoms. The maximum Gasteiger partial charge on any atom is 0.227 e. The second-order valence-electron chi connectivity index (χ2n) is 5.22. The number of aromatic amines is 1. The molecule has 0 aliphatic heterocycles. The fraction of sp³-hybridized carbons (Fsp3) is 0.333. The third-order valence-corrected chi connectivity index (χ3v) is 3.50. The highest BCUT2D eigenvalue weighted by Gasteiger charge is 2.29. The zero-order valence-electron chi connectivity index (χ0n) is 11.4. The van der Waals surface area contributed by atoms with Gasteiger partial charge in [-0.05, 0) is 38.0 Å². The van der Waals surface area contributed by atoms with Gasteiger partial charge in [0.15, 0.2) is 0 Å². The number of anilines is 2. The lowest BCUT2D eigenvalue weighted by molar-refractivity contribution is -0.117. The number of aryl methyl sites for hydroxylation is 1. The van der Waals surface area contributed by atoms with Gasteiger partial charge in [-0.15, -0.1) is 0 Å². The van der Waals surface area contributed by atoms with Crippen molar-refractivity contribution in [2.24, 2.45) is 5.92 Å². The number of H-pyrrole nitrogens is 1. The van der Waals surface area contributed by atoms with Crippen LogP contribution in [0.25, 0.3) is 0 Å². The van der Waals surface area contributed by atoms with E-state index in [1.165, 1.54) is 0 Å². The standard InChI is InChI=1S/C15H18N4O/c1-10-12(9-17-19-10)8-16-13-3-2-4-14(7-13)18-15(20)11-5-6-11/h2-4,7,9,11,16H,5-6,8H2,1H3,(H,17,19)(H,18,20). The van der Waals surface area contributed by atoms with Gasteiger partial charge in [0.1, 0.15) is 0 Å².